The van der Waals surface area contributed by atoms with Crippen molar-refractivity contribution >= 4 is 86.8 Å². The van der Waals surface area contributed by atoms with Gasteiger partial charge in [0.05, 0.1) is 44.6 Å². The van der Waals surface area contributed by atoms with Gasteiger partial charge in [0.25, 0.3) is 5.82 Å². The Hall–Kier alpha value is -2.91. The number of hydrogen-bond donors (Lipinski definition) is 2. The summed E-state index contributed by atoms with van der Waals surface area (Å²) in [5.41, 5.74) is 3.68. The summed E-state index contributed by atoms with van der Waals surface area (Å²) in [6, 6.07) is 7.51. The van der Waals surface area contributed by atoms with Crippen LogP contribution < -0.4 is 14.4 Å². The molecular weight excluding hydrogens is 706 g/mol. The Kier molecular flexibility index (Phi) is 15.0. The van der Waals surface area contributed by atoms with E-state index in [1.54, 1.807) is 0 Å². The highest BCUT2D eigenvalue weighted by Gasteiger charge is 2.32. The lowest BCUT2D eigenvalue weighted by molar-refractivity contribution is -0.674. The van der Waals surface area contributed by atoms with Gasteiger partial charge in [-0.2, -0.15) is 0 Å². The molecule has 8 nitrogen and oxygen atoms in total. The molecule has 0 saturated carbocycles. The molecule has 2 N–H and O–H groups in total. The number of carboxylic acid groups (broad SMARTS) is 2. The first-order valence-electron chi connectivity index (χ1n) is 17.3. The summed E-state index contributed by atoms with van der Waals surface area (Å²) in [6.45, 7) is 6.89. The summed E-state index contributed by atoms with van der Waals surface area (Å²) in [7, 11) is 0. The molecule has 4 rings (SSSR count). The minimum atomic E-state index is -0.838. The largest absolute Gasteiger partial charge is 0.481 e. The van der Waals surface area contributed by atoms with Gasteiger partial charge in [-0.05, 0) is 50.3 Å². The molecule has 0 saturated heterocycles. The maximum Gasteiger partial charge on any atom is 0.303 e. The number of benzene rings is 2. The van der Waals surface area contributed by atoms with E-state index in [-0.39, 0.29) is 12.8 Å². The van der Waals surface area contributed by atoms with E-state index in [1.165, 1.54) is 0 Å². The number of hydrogen-bond acceptors (Lipinski definition) is 4. The number of unbranched alkanes of at least 4 members (excludes halogenated alkanes) is 6. The van der Waals surface area contributed by atoms with Gasteiger partial charge in [-0.3, -0.25) is 9.59 Å². The Morgan fingerprint density at radius 2 is 1.22 bits per heavy atom. The fourth-order valence-corrected chi connectivity index (χ4v) is 7.02. The normalized spacial score (nSPS) is 13.8. The molecule has 0 amide bonds. The first-order chi connectivity index (χ1) is 23.6. The van der Waals surface area contributed by atoms with Crippen molar-refractivity contribution in [2.24, 2.45) is 0 Å². The molecule has 266 valence electrons. The number of carbonyl (C=O) groups is 2. The van der Waals surface area contributed by atoms with E-state index in [4.69, 9.17) is 46.4 Å². The monoisotopic (exact) mass is 751 g/mol. The molecule has 1 aliphatic heterocycles. The number of aromatic nitrogens is 2. The second kappa shape index (κ2) is 18.9. The van der Waals surface area contributed by atoms with Crippen LogP contribution in [0.1, 0.15) is 96.7 Å². The van der Waals surface area contributed by atoms with E-state index < -0.39 is 11.9 Å². The van der Waals surface area contributed by atoms with Crippen LogP contribution in [0.3, 0.4) is 0 Å². The predicted molar refractivity (Wildman–Crippen MR) is 202 cm³/mol. The molecular formula is C37H47Cl4N4O4+. The molecule has 1 aromatic heterocycles. The van der Waals surface area contributed by atoms with E-state index in [9.17, 15) is 19.8 Å². The van der Waals surface area contributed by atoms with Gasteiger partial charge in [0, 0.05) is 44.1 Å². The van der Waals surface area contributed by atoms with Gasteiger partial charge in [-0.25, -0.2) is 9.13 Å². The average molecular weight is 754 g/mol. The molecule has 0 fully saturated rings. The Morgan fingerprint density at radius 3 is 1.82 bits per heavy atom. The van der Waals surface area contributed by atoms with Crippen LogP contribution in [0.2, 0.25) is 20.1 Å². The van der Waals surface area contributed by atoms with Crippen LogP contribution in [0.25, 0.3) is 17.1 Å². The van der Waals surface area contributed by atoms with Gasteiger partial charge in [0.2, 0.25) is 0 Å². The summed E-state index contributed by atoms with van der Waals surface area (Å²) < 4.78 is 4.38. The van der Waals surface area contributed by atoms with Crippen molar-refractivity contribution in [2.45, 2.75) is 104 Å². The summed E-state index contributed by atoms with van der Waals surface area (Å²) in [4.78, 5) is 27.3. The number of halogens is 4. The maximum atomic E-state index is 11.5. The summed E-state index contributed by atoms with van der Waals surface area (Å²) in [6.07, 6.45) is 15.8. The predicted octanol–water partition coefficient (Wildman–Crippen LogP) is 10.6. The molecule has 0 radical (unpaired) electrons. The number of rotatable bonds is 20. The van der Waals surface area contributed by atoms with Crippen LogP contribution in [0.4, 0.5) is 11.4 Å². The fraction of sp³-hybridized carbons (Fsp3) is 0.486. The molecule has 0 bridgehead atoms. The molecule has 0 unspecified atom stereocenters. The van der Waals surface area contributed by atoms with Crippen LogP contribution in [-0.2, 0) is 22.7 Å². The Balaban J connectivity index is 1.83. The molecule has 3 aromatic rings. The van der Waals surface area contributed by atoms with Crippen LogP contribution in [0.15, 0.2) is 42.2 Å². The molecule has 2 aromatic carbocycles. The summed E-state index contributed by atoms with van der Waals surface area (Å²) >= 11 is 26.1. The third kappa shape index (κ3) is 10.1. The molecule has 2 heterocycles. The number of anilines is 2. The van der Waals surface area contributed by atoms with Crippen LogP contribution >= 0.6 is 46.4 Å². The quantitative estimate of drug-likeness (QED) is 0.0882. The van der Waals surface area contributed by atoms with Crippen molar-refractivity contribution in [3.8, 4) is 0 Å². The van der Waals surface area contributed by atoms with Gasteiger partial charge in [-0.1, -0.05) is 98.4 Å². The highest BCUT2D eigenvalue weighted by Crippen LogP contribution is 2.46. The topological polar surface area (TPSA) is 89.9 Å². The van der Waals surface area contributed by atoms with Crippen LogP contribution in [0.5, 0.6) is 0 Å². The highest BCUT2D eigenvalue weighted by molar-refractivity contribution is 6.43. The Morgan fingerprint density at radius 1 is 0.694 bits per heavy atom. The zero-order valence-corrected chi connectivity index (χ0v) is 31.4. The second-order valence-corrected chi connectivity index (χ2v) is 14.1. The van der Waals surface area contributed by atoms with Gasteiger partial charge < -0.3 is 20.0 Å². The molecule has 12 heteroatoms. The lowest BCUT2D eigenvalue weighted by Gasteiger charge is -2.25. The number of fused-ring (bicyclic) bond motifs is 2. The average Bonchev–Trinajstić information content (AvgIpc) is 3.47. The van der Waals surface area contributed by atoms with Crippen molar-refractivity contribution in [3.05, 3.63) is 68.2 Å². The van der Waals surface area contributed by atoms with E-state index >= 15 is 0 Å². The number of allylic oxidation sites excluding steroid dienone is 2. The van der Waals surface area contributed by atoms with Gasteiger partial charge >= 0.3 is 11.9 Å². The third-order valence-electron chi connectivity index (χ3n) is 8.81. The van der Waals surface area contributed by atoms with Crippen LogP contribution in [-0.4, -0.2) is 39.8 Å². The molecule has 0 aliphatic carbocycles. The van der Waals surface area contributed by atoms with E-state index in [0.29, 0.717) is 46.0 Å². The van der Waals surface area contributed by atoms with Crippen molar-refractivity contribution in [2.75, 3.05) is 22.9 Å². The summed E-state index contributed by atoms with van der Waals surface area (Å²) in [5.74, 6) is 0.158. The van der Waals surface area contributed by atoms with Gasteiger partial charge in [-0.15, -0.1) is 0 Å². The van der Waals surface area contributed by atoms with Crippen LogP contribution in [0, 0.1) is 0 Å². The lowest BCUT2D eigenvalue weighted by atomic mass is 10.2. The number of carboxylic acids is 2. The van der Waals surface area contributed by atoms with Gasteiger partial charge in [0.15, 0.2) is 11.0 Å². The van der Waals surface area contributed by atoms with Crippen molar-refractivity contribution < 1.29 is 24.4 Å². The van der Waals surface area contributed by atoms with E-state index in [1.807, 2.05) is 30.3 Å². The molecule has 49 heavy (non-hydrogen) atoms. The SMILES string of the molecule is CCCCCCN1C(=CC=Cc2n(CCCCCC)c3cc(Cl)c(Cl)cc3[n+]2CCCC(=O)O)N(CCCC(=O)O)c2cc(Cl)c(Cl)cc21. The number of nitrogens with zero attached hydrogens (tertiary/aromatic N) is 4. The third-order valence-corrected chi connectivity index (χ3v) is 10.3. The standard InChI is InChI=1S/C37H46Cl4N4O4/c1-3-5-7-9-18-42-30-22-26(38)28(40)24-32(30)44(20-12-16-36(46)47)34(42)14-11-15-35-43(19-10-8-6-4-2)31-23-27(39)29(41)25-33(31)45(35)21-13-17-37(48)49/h11,14-15,22-25H,3-10,12-13,16-21H2,1-2H3,(H-,46,47,48,49)/p+1. The summed E-state index contributed by atoms with van der Waals surface area (Å²) in [5, 5.41) is 20.6. The lowest BCUT2D eigenvalue weighted by Crippen LogP contribution is -2.37. The Bertz CT molecular complexity index is 1690. The highest BCUT2D eigenvalue weighted by atomic mass is 35.5. The maximum absolute atomic E-state index is 11.5. The first kappa shape index (κ1) is 38.9. The zero-order valence-electron chi connectivity index (χ0n) is 28.4. The number of aliphatic carboxylic acids is 2. The fourth-order valence-electron chi connectivity index (χ4n) is 6.39. The Labute approximate surface area is 309 Å². The van der Waals surface area contributed by atoms with Gasteiger partial charge in [0.1, 0.15) is 5.82 Å². The zero-order chi connectivity index (χ0) is 35.5. The molecule has 1 aliphatic rings. The second-order valence-electron chi connectivity index (χ2n) is 12.5. The van der Waals surface area contributed by atoms with E-state index in [2.05, 4.69) is 44.9 Å². The first-order valence-corrected chi connectivity index (χ1v) is 18.9. The smallest absolute Gasteiger partial charge is 0.303 e. The minimum absolute atomic E-state index is 0.0480. The number of imidazole rings is 1. The van der Waals surface area contributed by atoms with Crippen molar-refractivity contribution in [3.63, 3.8) is 0 Å². The molecule has 0 spiro atoms. The van der Waals surface area contributed by atoms with Crippen molar-refractivity contribution in [1.82, 2.24) is 4.57 Å². The van der Waals surface area contributed by atoms with E-state index in [0.717, 1.165) is 98.5 Å². The minimum Gasteiger partial charge on any atom is -0.481 e. The number of aryl methyl sites for hydroxylation is 2. The molecule has 0 atom stereocenters. The van der Waals surface area contributed by atoms with Crippen molar-refractivity contribution in [1.29, 1.82) is 0 Å².